The molecule has 0 aliphatic carbocycles. The van der Waals surface area contributed by atoms with Crippen LogP contribution in [0.1, 0.15) is 32.9 Å². The van der Waals surface area contributed by atoms with Crippen molar-refractivity contribution in [3.8, 4) is 17.0 Å². The van der Waals surface area contributed by atoms with Crippen molar-refractivity contribution in [3.05, 3.63) is 41.1 Å². The molecule has 0 saturated carbocycles. The lowest BCUT2D eigenvalue weighted by atomic mass is 9.92. The van der Waals surface area contributed by atoms with E-state index >= 15 is 0 Å². The third kappa shape index (κ3) is 5.79. The molecule has 2 rings (SSSR count). The fourth-order valence-electron chi connectivity index (χ4n) is 2.97. The van der Waals surface area contributed by atoms with E-state index in [1.54, 1.807) is 19.1 Å². The molecule has 1 unspecified atom stereocenters. The second-order valence-electron chi connectivity index (χ2n) is 7.18. The zero-order chi connectivity index (χ0) is 20.2. The van der Waals surface area contributed by atoms with E-state index in [0.717, 1.165) is 0 Å². The Balaban J connectivity index is 2.04. The minimum absolute atomic E-state index is 0.113. The molecule has 2 aromatic rings. The number of pyridine rings is 2. The third-order valence-electron chi connectivity index (χ3n) is 3.99. The van der Waals surface area contributed by atoms with Gasteiger partial charge in [0.1, 0.15) is 5.75 Å². The summed E-state index contributed by atoms with van der Waals surface area (Å²) in [5.41, 5.74) is 0.792. The van der Waals surface area contributed by atoms with E-state index < -0.39 is 17.4 Å². The van der Waals surface area contributed by atoms with Gasteiger partial charge in [0.15, 0.2) is 11.0 Å². The van der Waals surface area contributed by atoms with Crippen molar-refractivity contribution in [2.24, 2.45) is 5.92 Å². The van der Waals surface area contributed by atoms with Crippen molar-refractivity contribution in [3.63, 3.8) is 0 Å². The highest BCUT2D eigenvalue weighted by atomic mass is 35.5. The minimum atomic E-state index is -1.05. The van der Waals surface area contributed by atoms with Gasteiger partial charge in [0, 0.05) is 17.3 Å². The maximum atomic E-state index is 14.1. The van der Waals surface area contributed by atoms with Crippen molar-refractivity contribution in [1.29, 1.82) is 0 Å². The lowest BCUT2D eigenvalue weighted by Crippen LogP contribution is -2.44. The molecule has 0 aromatic carbocycles. The summed E-state index contributed by atoms with van der Waals surface area (Å²) in [6.07, 6.45) is 0.994. The Hall–Kier alpha value is -2.41. The number of aryl methyl sites for hydroxylation is 1. The molecule has 0 saturated heterocycles. The first-order chi connectivity index (χ1) is 12.6. The van der Waals surface area contributed by atoms with Gasteiger partial charge in [0.2, 0.25) is 0 Å². The van der Waals surface area contributed by atoms with E-state index in [0.29, 0.717) is 30.2 Å². The zero-order valence-corrected chi connectivity index (χ0v) is 16.5. The number of halogens is 2. The summed E-state index contributed by atoms with van der Waals surface area (Å²) >= 11 is 5.72. The summed E-state index contributed by atoms with van der Waals surface area (Å²) in [6.45, 7) is 7.82. The zero-order valence-electron chi connectivity index (χ0n) is 15.7. The van der Waals surface area contributed by atoms with Crippen LogP contribution in [0.4, 0.5) is 9.18 Å². The Kier molecular flexibility index (Phi) is 6.59. The molecule has 0 spiro atoms. The van der Waals surface area contributed by atoms with Gasteiger partial charge in [-0.3, -0.25) is 0 Å². The maximum absolute atomic E-state index is 14.1. The standard InChI is InChI=1S/C19H23ClFN3O3/c1-11(9-19(3,4)24-18(25)26)10-27-15-6-5-14(23-12(15)2)13-7-8-22-17(20)16(13)21/h5-8,11,24H,9-10H2,1-4H3,(H,25,26). The summed E-state index contributed by atoms with van der Waals surface area (Å²) in [4.78, 5) is 18.9. The van der Waals surface area contributed by atoms with Crippen LogP contribution in [0.25, 0.3) is 11.3 Å². The van der Waals surface area contributed by atoms with Crippen molar-refractivity contribution in [2.45, 2.75) is 39.7 Å². The highest BCUT2D eigenvalue weighted by molar-refractivity contribution is 6.29. The number of rotatable bonds is 7. The van der Waals surface area contributed by atoms with Crippen LogP contribution >= 0.6 is 11.6 Å². The van der Waals surface area contributed by atoms with Gasteiger partial charge in [-0.25, -0.2) is 19.2 Å². The predicted octanol–water partition coefficient (Wildman–Crippen LogP) is 4.70. The molecule has 1 atom stereocenters. The van der Waals surface area contributed by atoms with Gasteiger partial charge in [-0.15, -0.1) is 0 Å². The van der Waals surface area contributed by atoms with Gasteiger partial charge in [0.05, 0.1) is 18.0 Å². The first-order valence-corrected chi connectivity index (χ1v) is 8.89. The number of amides is 1. The molecule has 6 nitrogen and oxygen atoms in total. The number of carbonyl (C=O) groups is 1. The first kappa shape index (κ1) is 20.9. The van der Waals surface area contributed by atoms with E-state index in [1.165, 1.54) is 12.3 Å². The molecule has 0 fully saturated rings. The second kappa shape index (κ2) is 8.52. The predicted molar refractivity (Wildman–Crippen MR) is 102 cm³/mol. The third-order valence-corrected chi connectivity index (χ3v) is 4.25. The maximum Gasteiger partial charge on any atom is 0.405 e. The largest absolute Gasteiger partial charge is 0.491 e. The van der Waals surface area contributed by atoms with Gasteiger partial charge >= 0.3 is 6.09 Å². The van der Waals surface area contributed by atoms with Crippen LogP contribution < -0.4 is 10.1 Å². The number of hydrogen-bond donors (Lipinski definition) is 2. The number of hydrogen-bond acceptors (Lipinski definition) is 4. The van der Waals surface area contributed by atoms with Gasteiger partial charge in [-0.2, -0.15) is 0 Å². The Bertz CT molecular complexity index is 830. The number of aromatic nitrogens is 2. The quantitative estimate of drug-likeness (QED) is 0.664. The summed E-state index contributed by atoms with van der Waals surface area (Å²) in [7, 11) is 0. The second-order valence-corrected chi connectivity index (χ2v) is 7.54. The van der Waals surface area contributed by atoms with Gasteiger partial charge in [0.25, 0.3) is 0 Å². The molecule has 0 bridgehead atoms. The van der Waals surface area contributed by atoms with Crippen LogP contribution in [0.2, 0.25) is 5.15 Å². The molecule has 2 aromatic heterocycles. The van der Waals surface area contributed by atoms with Gasteiger partial charge < -0.3 is 15.2 Å². The fraction of sp³-hybridized carbons (Fsp3) is 0.421. The lowest BCUT2D eigenvalue weighted by molar-refractivity contribution is 0.169. The summed E-state index contributed by atoms with van der Waals surface area (Å²) in [6, 6.07) is 4.92. The first-order valence-electron chi connectivity index (χ1n) is 8.51. The smallest absolute Gasteiger partial charge is 0.405 e. The molecular weight excluding hydrogens is 373 g/mol. The minimum Gasteiger partial charge on any atom is -0.491 e. The van der Waals surface area contributed by atoms with Crippen LogP contribution in [0.5, 0.6) is 5.75 Å². The molecule has 0 aliphatic rings. The molecule has 1 amide bonds. The van der Waals surface area contributed by atoms with Crippen molar-refractivity contribution in [1.82, 2.24) is 15.3 Å². The number of nitrogens with one attached hydrogen (secondary N) is 1. The monoisotopic (exact) mass is 395 g/mol. The molecule has 0 radical (unpaired) electrons. The Morgan fingerprint density at radius 1 is 1.41 bits per heavy atom. The van der Waals surface area contributed by atoms with Crippen LogP contribution in [0.15, 0.2) is 24.4 Å². The van der Waals surface area contributed by atoms with Crippen molar-refractivity contribution >= 4 is 17.7 Å². The SMILES string of the molecule is Cc1nc(-c2ccnc(Cl)c2F)ccc1OCC(C)CC(C)(C)NC(=O)O. The van der Waals surface area contributed by atoms with Crippen LogP contribution in [0, 0.1) is 18.7 Å². The average molecular weight is 396 g/mol. The topological polar surface area (TPSA) is 84.3 Å². The van der Waals surface area contributed by atoms with Crippen LogP contribution in [-0.2, 0) is 0 Å². The fourth-order valence-corrected chi connectivity index (χ4v) is 3.13. The molecular formula is C19H23ClFN3O3. The number of nitrogens with zero attached hydrogens (tertiary/aromatic N) is 2. The average Bonchev–Trinajstić information content (AvgIpc) is 2.54. The number of ether oxygens (including phenoxy) is 1. The van der Waals surface area contributed by atoms with Crippen molar-refractivity contribution < 1.29 is 19.0 Å². The molecule has 146 valence electrons. The van der Waals surface area contributed by atoms with Crippen LogP contribution in [-0.4, -0.2) is 33.3 Å². The molecule has 2 N–H and O–H groups in total. The lowest BCUT2D eigenvalue weighted by Gasteiger charge is -2.28. The normalized spacial score (nSPS) is 12.5. The van der Waals surface area contributed by atoms with E-state index in [4.69, 9.17) is 21.4 Å². The molecule has 8 heteroatoms. The van der Waals surface area contributed by atoms with Gasteiger partial charge in [-0.1, -0.05) is 18.5 Å². The van der Waals surface area contributed by atoms with E-state index in [-0.39, 0.29) is 16.6 Å². The van der Waals surface area contributed by atoms with Crippen molar-refractivity contribution in [2.75, 3.05) is 6.61 Å². The molecule has 27 heavy (non-hydrogen) atoms. The van der Waals surface area contributed by atoms with Crippen LogP contribution in [0.3, 0.4) is 0 Å². The Labute approximate surface area is 162 Å². The van der Waals surface area contributed by atoms with Gasteiger partial charge in [-0.05, 0) is 51.3 Å². The number of carboxylic acid groups (broad SMARTS) is 1. The summed E-state index contributed by atoms with van der Waals surface area (Å²) < 4.78 is 19.9. The highest BCUT2D eigenvalue weighted by Gasteiger charge is 2.23. The summed E-state index contributed by atoms with van der Waals surface area (Å²) in [5, 5.41) is 11.2. The molecule has 2 heterocycles. The Morgan fingerprint density at radius 3 is 2.74 bits per heavy atom. The van der Waals surface area contributed by atoms with E-state index in [2.05, 4.69) is 15.3 Å². The van der Waals surface area contributed by atoms with E-state index in [1.807, 2.05) is 20.8 Å². The Morgan fingerprint density at radius 2 is 2.11 bits per heavy atom. The molecule has 0 aliphatic heterocycles. The van der Waals surface area contributed by atoms with E-state index in [9.17, 15) is 9.18 Å². The highest BCUT2D eigenvalue weighted by Crippen LogP contribution is 2.28. The summed E-state index contributed by atoms with van der Waals surface area (Å²) in [5.74, 6) is 0.0963.